The minimum atomic E-state index is -0.870. The van der Waals surface area contributed by atoms with Crippen LogP contribution in [0, 0.1) is 0 Å². The number of aliphatic carboxylic acids is 1. The van der Waals surface area contributed by atoms with Crippen LogP contribution in [0.3, 0.4) is 0 Å². The zero-order chi connectivity index (χ0) is 10.5. The molecule has 0 atom stereocenters. The fourth-order valence-electron chi connectivity index (χ4n) is 1.03. The molecule has 0 spiro atoms. The first-order valence-electron chi connectivity index (χ1n) is 4.54. The van der Waals surface area contributed by atoms with Gasteiger partial charge < -0.3 is 9.59 Å². The highest BCUT2D eigenvalue weighted by Crippen LogP contribution is 2.06. The maximum atomic E-state index is 10.4. The number of hydrogen-bond donors (Lipinski definition) is 1. The third kappa shape index (κ3) is 7.53. The number of carboxylic acid groups (broad SMARTS) is 1. The predicted octanol–water partition coefficient (Wildman–Crippen LogP) is 1.50. The summed E-state index contributed by atoms with van der Waals surface area (Å²) in [5.74, 6) is -0.870. The Balaban J connectivity index is 3.47. The molecule has 0 aliphatic carbocycles. The molecule has 0 amide bonds. The van der Waals surface area contributed by atoms with Gasteiger partial charge in [-0.15, -0.1) is 0 Å². The van der Waals surface area contributed by atoms with E-state index in [1.54, 1.807) is 0 Å². The van der Waals surface area contributed by atoms with Crippen LogP contribution < -0.4 is 0 Å². The van der Waals surface area contributed by atoms with Gasteiger partial charge in [-0.2, -0.15) is 0 Å². The van der Waals surface area contributed by atoms with E-state index in [0.717, 1.165) is 23.9 Å². The van der Waals surface area contributed by atoms with Gasteiger partial charge in [0.25, 0.3) is 0 Å². The van der Waals surface area contributed by atoms with Crippen LogP contribution in [0.15, 0.2) is 12.2 Å². The Kier molecular flexibility index (Phi) is 4.70. The number of carboxylic acids is 1. The average molecular weight is 186 g/mol. The molecular formula is C10H20NO2+. The van der Waals surface area contributed by atoms with Gasteiger partial charge in [-0.1, -0.05) is 6.58 Å². The van der Waals surface area contributed by atoms with Crippen LogP contribution in [0.1, 0.15) is 19.3 Å². The first kappa shape index (κ1) is 12.2. The van der Waals surface area contributed by atoms with E-state index in [9.17, 15) is 4.79 Å². The zero-order valence-corrected chi connectivity index (χ0v) is 8.84. The lowest BCUT2D eigenvalue weighted by molar-refractivity contribution is -0.870. The molecule has 0 aromatic carbocycles. The average Bonchev–Trinajstić information content (AvgIpc) is 1.95. The third-order valence-electron chi connectivity index (χ3n) is 1.86. The van der Waals surface area contributed by atoms with Crippen LogP contribution in [-0.4, -0.2) is 43.2 Å². The standard InChI is InChI=1S/C10H19NO2/c1-9(10(12)13)7-5-6-8-11(2,3)4/h1,5-8H2,2-4H3/p+1. The lowest BCUT2D eigenvalue weighted by Crippen LogP contribution is -2.35. The van der Waals surface area contributed by atoms with E-state index in [-0.39, 0.29) is 0 Å². The topological polar surface area (TPSA) is 37.3 Å². The molecule has 0 saturated heterocycles. The molecule has 0 aromatic heterocycles. The summed E-state index contributed by atoms with van der Waals surface area (Å²) >= 11 is 0. The van der Waals surface area contributed by atoms with Crippen LogP contribution >= 0.6 is 0 Å². The number of quaternary nitrogens is 1. The second-order valence-corrected chi connectivity index (χ2v) is 4.38. The van der Waals surface area contributed by atoms with E-state index in [1.807, 2.05) is 0 Å². The number of rotatable bonds is 6. The van der Waals surface area contributed by atoms with Gasteiger partial charge in [-0.25, -0.2) is 4.79 Å². The molecule has 0 aliphatic rings. The van der Waals surface area contributed by atoms with Gasteiger partial charge in [0.05, 0.1) is 27.7 Å². The van der Waals surface area contributed by atoms with Gasteiger partial charge in [-0.05, 0) is 19.3 Å². The summed E-state index contributed by atoms with van der Waals surface area (Å²) in [6.45, 7) is 4.56. The summed E-state index contributed by atoms with van der Waals surface area (Å²) < 4.78 is 0.930. The highest BCUT2D eigenvalue weighted by molar-refractivity contribution is 5.85. The Labute approximate surface area is 80.3 Å². The molecule has 0 fully saturated rings. The molecule has 13 heavy (non-hydrogen) atoms. The number of nitrogens with zero attached hydrogens (tertiary/aromatic N) is 1. The van der Waals surface area contributed by atoms with E-state index in [0.29, 0.717) is 12.0 Å². The number of unbranched alkanes of at least 4 members (excludes halogenated alkanes) is 1. The normalized spacial score (nSPS) is 11.3. The summed E-state index contributed by atoms with van der Waals surface area (Å²) in [5, 5.41) is 8.54. The van der Waals surface area contributed by atoms with E-state index in [2.05, 4.69) is 27.7 Å². The molecule has 0 rings (SSSR count). The smallest absolute Gasteiger partial charge is 0.330 e. The van der Waals surface area contributed by atoms with Crippen LogP contribution in [-0.2, 0) is 4.79 Å². The second kappa shape index (κ2) is 5.02. The molecule has 0 aromatic rings. The fraction of sp³-hybridized carbons (Fsp3) is 0.700. The minimum Gasteiger partial charge on any atom is -0.478 e. The van der Waals surface area contributed by atoms with Crippen molar-refractivity contribution in [2.24, 2.45) is 0 Å². The molecule has 0 heterocycles. The van der Waals surface area contributed by atoms with Gasteiger partial charge >= 0.3 is 5.97 Å². The van der Waals surface area contributed by atoms with Gasteiger partial charge in [-0.3, -0.25) is 0 Å². The van der Waals surface area contributed by atoms with Gasteiger partial charge in [0, 0.05) is 5.57 Å². The minimum absolute atomic E-state index is 0.321. The summed E-state index contributed by atoms with van der Waals surface area (Å²) in [5.41, 5.74) is 0.321. The summed E-state index contributed by atoms with van der Waals surface area (Å²) in [6, 6.07) is 0. The van der Waals surface area contributed by atoms with Gasteiger partial charge in [0.15, 0.2) is 0 Å². The van der Waals surface area contributed by atoms with Crippen molar-refractivity contribution < 1.29 is 14.4 Å². The molecule has 0 saturated carbocycles. The molecule has 76 valence electrons. The van der Waals surface area contributed by atoms with Crippen molar-refractivity contribution >= 4 is 5.97 Å². The largest absolute Gasteiger partial charge is 0.478 e. The first-order chi connectivity index (χ1) is 5.83. The van der Waals surface area contributed by atoms with Crippen molar-refractivity contribution in [1.82, 2.24) is 0 Å². The van der Waals surface area contributed by atoms with Crippen LogP contribution in [0.25, 0.3) is 0 Å². The monoisotopic (exact) mass is 186 g/mol. The lowest BCUT2D eigenvalue weighted by atomic mass is 10.1. The lowest BCUT2D eigenvalue weighted by Gasteiger charge is -2.23. The summed E-state index contributed by atoms with van der Waals surface area (Å²) in [7, 11) is 6.39. The predicted molar refractivity (Wildman–Crippen MR) is 53.5 cm³/mol. The van der Waals surface area contributed by atoms with Crippen molar-refractivity contribution in [3.8, 4) is 0 Å². The van der Waals surface area contributed by atoms with E-state index in [4.69, 9.17) is 5.11 Å². The highest BCUT2D eigenvalue weighted by Gasteiger charge is 2.07. The Morgan fingerprint density at radius 2 is 1.85 bits per heavy atom. The van der Waals surface area contributed by atoms with Gasteiger partial charge in [0.2, 0.25) is 0 Å². The van der Waals surface area contributed by atoms with Crippen LogP contribution in [0.2, 0.25) is 0 Å². The second-order valence-electron chi connectivity index (χ2n) is 4.38. The van der Waals surface area contributed by atoms with Gasteiger partial charge in [0.1, 0.15) is 0 Å². The molecule has 0 bridgehead atoms. The Bertz CT molecular complexity index is 192. The zero-order valence-electron chi connectivity index (χ0n) is 8.84. The number of hydrogen-bond acceptors (Lipinski definition) is 1. The number of carbonyl (C=O) groups is 1. The molecule has 1 N–H and O–H groups in total. The molecule has 3 heteroatoms. The van der Waals surface area contributed by atoms with Crippen LogP contribution in [0.5, 0.6) is 0 Å². The molecule has 3 nitrogen and oxygen atoms in total. The summed E-state index contributed by atoms with van der Waals surface area (Å²) in [4.78, 5) is 10.4. The fourth-order valence-corrected chi connectivity index (χ4v) is 1.03. The van der Waals surface area contributed by atoms with Crippen LogP contribution in [0.4, 0.5) is 0 Å². The van der Waals surface area contributed by atoms with E-state index >= 15 is 0 Å². The molecule has 0 radical (unpaired) electrons. The Morgan fingerprint density at radius 1 is 1.31 bits per heavy atom. The Morgan fingerprint density at radius 3 is 2.23 bits per heavy atom. The van der Waals surface area contributed by atoms with Crippen molar-refractivity contribution in [3.05, 3.63) is 12.2 Å². The highest BCUT2D eigenvalue weighted by atomic mass is 16.4. The van der Waals surface area contributed by atoms with Crippen molar-refractivity contribution in [1.29, 1.82) is 0 Å². The SMILES string of the molecule is C=C(CCCC[N+](C)(C)C)C(=O)O. The van der Waals surface area contributed by atoms with E-state index in [1.165, 1.54) is 0 Å². The van der Waals surface area contributed by atoms with E-state index < -0.39 is 5.97 Å². The van der Waals surface area contributed by atoms with Crippen molar-refractivity contribution in [2.45, 2.75) is 19.3 Å². The maximum absolute atomic E-state index is 10.4. The first-order valence-corrected chi connectivity index (χ1v) is 4.54. The Hall–Kier alpha value is -0.830. The van der Waals surface area contributed by atoms with Crippen molar-refractivity contribution in [2.75, 3.05) is 27.7 Å². The quantitative estimate of drug-likeness (QED) is 0.388. The third-order valence-corrected chi connectivity index (χ3v) is 1.86. The summed E-state index contributed by atoms with van der Waals surface area (Å²) in [6.07, 6.45) is 2.58. The molecule has 0 unspecified atom stereocenters. The van der Waals surface area contributed by atoms with Crippen molar-refractivity contribution in [3.63, 3.8) is 0 Å². The maximum Gasteiger partial charge on any atom is 0.330 e. The molecular weight excluding hydrogens is 166 g/mol. The molecule has 0 aliphatic heterocycles.